The van der Waals surface area contributed by atoms with Crippen LogP contribution >= 0.6 is 11.3 Å². The number of nitrogens with one attached hydrogen (secondary N) is 2. The predicted octanol–water partition coefficient (Wildman–Crippen LogP) is 3.65. The van der Waals surface area contributed by atoms with Gasteiger partial charge in [-0.1, -0.05) is 18.2 Å². The Kier molecular flexibility index (Phi) is 5.82. The number of hydrogen-bond donors (Lipinski definition) is 2. The summed E-state index contributed by atoms with van der Waals surface area (Å²) >= 11 is 1.69. The minimum Gasteiger partial charge on any atom is -0.373 e. The number of carbonyl (C=O) groups is 1. The molecule has 2 atom stereocenters. The van der Waals surface area contributed by atoms with Crippen molar-refractivity contribution in [3.8, 4) is 0 Å². The number of carbonyl (C=O) groups excluding carboxylic acids is 1. The van der Waals surface area contributed by atoms with Crippen molar-refractivity contribution >= 4 is 17.4 Å². The number of ether oxygens (including phenoxy) is 1. The largest absolute Gasteiger partial charge is 0.373 e. The number of thiophene rings is 1. The van der Waals surface area contributed by atoms with E-state index in [1.807, 2.05) is 11.4 Å². The minimum absolute atomic E-state index is 0.0653. The predicted molar refractivity (Wildman–Crippen MR) is 92.7 cm³/mol. The molecular weight excluding hydrogens is 327 g/mol. The summed E-state index contributed by atoms with van der Waals surface area (Å²) in [7, 11) is 0. The highest BCUT2D eigenvalue weighted by Crippen LogP contribution is 2.28. The van der Waals surface area contributed by atoms with Crippen molar-refractivity contribution in [3.05, 3.63) is 58.0 Å². The van der Waals surface area contributed by atoms with Gasteiger partial charge in [-0.15, -0.1) is 11.3 Å². The van der Waals surface area contributed by atoms with Crippen LogP contribution in [0, 0.1) is 5.82 Å². The number of urea groups is 1. The van der Waals surface area contributed by atoms with E-state index in [1.54, 1.807) is 23.5 Å². The van der Waals surface area contributed by atoms with Crippen molar-refractivity contribution in [3.63, 3.8) is 0 Å². The van der Waals surface area contributed by atoms with E-state index in [9.17, 15) is 9.18 Å². The van der Waals surface area contributed by atoms with E-state index < -0.39 is 0 Å². The van der Waals surface area contributed by atoms with Crippen LogP contribution in [-0.4, -0.2) is 25.2 Å². The van der Waals surface area contributed by atoms with E-state index in [1.165, 1.54) is 17.0 Å². The summed E-state index contributed by atoms with van der Waals surface area (Å²) in [6.45, 7) is 1.21. The zero-order valence-corrected chi connectivity index (χ0v) is 14.2. The van der Waals surface area contributed by atoms with Crippen molar-refractivity contribution in [2.75, 3.05) is 13.2 Å². The SMILES string of the molecule is O=C(NCCc1cccs1)NC1CCOC(c2ccc(F)cc2)C1. The third-order valence-electron chi connectivity index (χ3n) is 4.10. The molecule has 6 heteroatoms. The number of halogens is 1. The van der Waals surface area contributed by atoms with Crippen LogP contribution in [0.1, 0.15) is 29.4 Å². The van der Waals surface area contributed by atoms with Crippen LogP contribution < -0.4 is 10.6 Å². The lowest BCUT2D eigenvalue weighted by Crippen LogP contribution is -2.45. The first-order valence-electron chi connectivity index (χ1n) is 8.14. The van der Waals surface area contributed by atoms with Crippen LogP contribution in [0.5, 0.6) is 0 Å². The lowest BCUT2D eigenvalue weighted by atomic mass is 9.97. The summed E-state index contributed by atoms with van der Waals surface area (Å²) in [5.74, 6) is -0.255. The van der Waals surface area contributed by atoms with Crippen molar-refractivity contribution < 1.29 is 13.9 Å². The van der Waals surface area contributed by atoms with Gasteiger partial charge in [0.1, 0.15) is 5.82 Å². The molecule has 2 aromatic rings. The Balaban J connectivity index is 1.44. The smallest absolute Gasteiger partial charge is 0.315 e. The van der Waals surface area contributed by atoms with Gasteiger partial charge in [0, 0.05) is 24.1 Å². The van der Waals surface area contributed by atoms with E-state index in [2.05, 4.69) is 16.7 Å². The molecule has 1 aromatic heterocycles. The summed E-state index contributed by atoms with van der Waals surface area (Å²) < 4.78 is 18.8. The lowest BCUT2D eigenvalue weighted by molar-refractivity contribution is 0.00224. The Labute approximate surface area is 145 Å². The van der Waals surface area contributed by atoms with Crippen LogP contribution in [0.15, 0.2) is 41.8 Å². The molecule has 2 N–H and O–H groups in total. The van der Waals surface area contributed by atoms with Gasteiger partial charge in [-0.05, 0) is 48.4 Å². The van der Waals surface area contributed by atoms with Crippen LogP contribution in [0.25, 0.3) is 0 Å². The maximum Gasteiger partial charge on any atom is 0.315 e. The average Bonchev–Trinajstić information content (AvgIpc) is 3.09. The first-order chi connectivity index (χ1) is 11.7. The molecule has 0 radical (unpaired) electrons. The average molecular weight is 348 g/mol. The van der Waals surface area contributed by atoms with Crippen LogP contribution in [0.4, 0.5) is 9.18 Å². The maximum atomic E-state index is 13.0. The van der Waals surface area contributed by atoms with E-state index in [0.717, 1.165) is 18.4 Å². The van der Waals surface area contributed by atoms with Crippen molar-refractivity contribution in [2.45, 2.75) is 31.4 Å². The van der Waals surface area contributed by atoms with E-state index in [-0.39, 0.29) is 24.0 Å². The van der Waals surface area contributed by atoms with Crippen molar-refractivity contribution in [2.24, 2.45) is 0 Å². The molecule has 1 fully saturated rings. The van der Waals surface area contributed by atoms with Gasteiger partial charge in [0.15, 0.2) is 0 Å². The molecule has 24 heavy (non-hydrogen) atoms. The molecule has 1 aromatic carbocycles. The second-order valence-corrected chi connectivity index (χ2v) is 6.89. The zero-order chi connectivity index (χ0) is 16.8. The molecule has 0 saturated carbocycles. The standard InChI is InChI=1S/C18H21FN2O2S/c19-14-5-3-13(4-6-14)17-12-15(8-10-23-17)21-18(22)20-9-7-16-2-1-11-24-16/h1-6,11,15,17H,7-10,12H2,(H2,20,21,22). The summed E-state index contributed by atoms with van der Waals surface area (Å²) in [6.07, 6.45) is 2.23. The Hall–Kier alpha value is -1.92. The Morgan fingerprint density at radius 3 is 2.88 bits per heavy atom. The molecule has 2 unspecified atom stereocenters. The van der Waals surface area contributed by atoms with Gasteiger partial charge in [0.25, 0.3) is 0 Å². The molecule has 0 bridgehead atoms. The van der Waals surface area contributed by atoms with Gasteiger partial charge >= 0.3 is 6.03 Å². The molecule has 4 nitrogen and oxygen atoms in total. The first-order valence-corrected chi connectivity index (χ1v) is 9.02. The van der Waals surface area contributed by atoms with Gasteiger partial charge in [0.2, 0.25) is 0 Å². The highest BCUT2D eigenvalue weighted by molar-refractivity contribution is 7.09. The molecule has 2 amide bonds. The maximum absolute atomic E-state index is 13.0. The quantitative estimate of drug-likeness (QED) is 0.866. The van der Waals surface area contributed by atoms with Gasteiger partial charge in [-0.3, -0.25) is 0 Å². The highest BCUT2D eigenvalue weighted by Gasteiger charge is 2.25. The normalized spacial score (nSPS) is 20.5. The fourth-order valence-corrected chi connectivity index (χ4v) is 3.54. The summed E-state index contributed by atoms with van der Waals surface area (Å²) in [5.41, 5.74) is 0.945. The molecule has 0 spiro atoms. The molecule has 1 aliphatic heterocycles. The lowest BCUT2D eigenvalue weighted by Gasteiger charge is -2.30. The number of rotatable bonds is 5. The second-order valence-electron chi connectivity index (χ2n) is 5.86. The number of benzene rings is 1. The molecule has 3 rings (SSSR count). The molecule has 0 aliphatic carbocycles. The van der Waals surface area contributed by atoms with E-state index >= 15 is 0 Å². The van der Waals surface area contributed by atoms with Gasteiger partial charge in [-0.25, -0.2) is 9.18 Å². The molecule has 1 aliphatic rings. The number of amides is 2. The topological polar surface area (TPSA) is 50.4 Å². The monoisotopic (exact) mass is 348 g/mol. The number of hydrogen-bond acceptors (Lipinski definition) is 3. The highest BCUT2D eigenvalue weighted by atomic mass is 32.1. The third-order valence-corrected chi connectivity index (χ3v) is 5.03. The van der Waals surface area contributed by atoms with Crippen molar-refractivity contribution in [1.29, 1.82) is 0 Å². The summed E-state index contributed by atoms with van der Waals surface area (Å²) in [6, 6.07) is 10.4. The second kappa shape index (κ2) is 8.26. The minimum atomic E-state index is -0.255. The Bertz CT molecular complexity index is 646. The van der Waals surface area contributed by atoms with Gasteiger partial charge in [0.05, 0.1) is 6.10 Å². The van der Waals surface area contributed by atoms with Crippen LogP contribution in [0.3, 0.4) is 0 Å². The molecular formula is C18H21FN2O2S. The summed E-state index contributed by atoms with van der Waals surface area (Å²) in [5, 5.41) is 7.94. The fourth-order valence-electron chi connectivity index (χ4n) is 2.83. The molecule has 128 valence electrons. The third kappa shape index (κ3) is 4.79. The van der Waals surface area contributed by atoms with Gasteiger partial charge in [-0.2, -0.15) is 0 Å². The Morgan fingerprint density at radius 2 is 2.12 bits per heavy atom. The zero-order valence-electron chi connectivity index (χ0n) is 13.3. The fraction of sp³-hybridized carbons (Fsp3) is 0.389. The molecule has 2 heterocycles. The molecule has 1 saturated heterocycles. The summed E-state index contributed by atoms with van der Waals surface area (Å²) in [4.78, 5) is 13.3. The van der Waals surface area contributed by atoms with E-state index in [4.69, 9.17) is 4.74 Å². The van der Waals surface area contributed by atoms with E-state index in [0.29, 0.717) is 19.6 Å². The Morgan fingerprint density at radius 1 is 1.29 bits per heavy atom. The van der Waals surface area contributed by atoms with Crippen LogP contribution in [0.2, 0.25) is 0 Å². The van der Waals surface area contributed by atoms with Gasteiger partial charge < -0.3 is 15.4 Å². The first kappa shape index (κ1) is 16.9. The van der Waals surface area contributed by atoms with Crippen molar-refractivity contribution in [1.82, 2.24) is 10.6 Å². The van der Waals surface area contributed by atoms with Crippen LogP contribution in [-0.2, 0) is 11.2 Å².